The molecule has 0 saturated heterocycles. The van der Waals surface area contributed by atoms with Gasteiger partial charge < -0.3 is 10.6 Å². The molecule has 1 heterocycles. The number of nitrogens with one attached hydrogen (secondary N) is 2. The SMILES string of the molecule is Bc1ccc(C(=O)NC(C)(C)C(=O)Nc2ccccc2)s1. The number of carbonyl (C=O) groups excluding carboxylic acids is 2. The van der Waals surface area contributed by atoms with E-state index >= 15 is 0 Å². The van der Waals surface area contributed by atoms with Crippen LogP contribution in [-0.4, -0.2) is 25.2 Å². The number of anilines is 1. The largest absolute Gasteiger partial charge is 0.337 e. The zero-order valence-electron chi connectivity index (χ0n) is 12.3. The topological polar surface area (TPSA) is 58.2 Å². The first-order valence-corrected chi connectivity index (χ1v) is 7.45. The minimum atomic E-state index is -0.995. The summed E-state index contributed by atoms with van der Waals surface area (Å²) in [6, 6.07) is 12.8. The average Bonchev–Trinajstić information content (AvgIpc) is 2.86. The summed E-state index contributed by atoms with van der Waals surface area (Å²) in [6.45, 7) is 3.37. The van der Waals surface area contributed by atoms with Crippen LogP contribution in [-0.2, 0) is 4.79 Å². The minimum Gasteiger partial charge on any atom is -0.337 e. The van der Waals surface area contributed by atoms with Gasteiger partial charge in [-0.05, 0) is 36.8 Å². The molecule has 0 fully saturated rings. The first-order chi connectivity index (χ1) is 9.88. The molecule has 21 heavy (non-hydrogen) atoms. The van der Waals surface area contributed by atoms with E-state index in [9.17, 15) is 9.59 Å². The highest BCUT2D eigenvalue weighted by Gasteiger charge is 2.30. The summed E-state index contributed by atoms with van der Waals surface area (Å²) in [6.07, 6.45) is 0. The zero-order chi connectivity index (χ0) is 15.5. The van der Waals surface area contributed by atoms with Gasteiger partial charge in [-0.25, -0.2) is 0 Å². The normalized spacial score (nSPS) is 11.0. The molecule has 2 amide bonds. The van der Waals surface area contributed by atoms with E-state index in [2.05, 4.69) is 10.6 Å². The van der Waals surface area contributed by atoms with Gasteiger partial charge in [0.05, 0.1) is 4.88 Å². The van der Waals surface area contributed by atoms with Crippen molar-refractivity contribution >= 4 is 41.5 Å². The van der Waals surface area contributed by atoms with Crippen molar-refractivity contribution in [1.29, 1.82) is 0 Å². The van der Waals surface area contributed by atoms with Crippen LogP contribution < -0.4 is 15.4 Å². The molecule has 1 aromatic heterocycles. The maximum absolute atomic E-state index is 12.3. The highest BCUT2D eigenvalue weighted by atomic mass is 32.1. The smallest absolute Gasteiger partial charge is 0.262 e. The van der Waals surface area contributed by atoms with E-state index in [4.69, 9.17) is 0 Å². The van der Waals surface area contributed by atoms with E-state index in [1.54, 1.807) is 32.0 Å². The predicted octanol–water partition coefficient (Wildman–Crippen LogP) is 1.15. The lowest BCUT2D eigenvalue weighted by atomic mass is 10.0. The third-order valence-corrected chi connectivity index (χ3v) is 3.99. The first-order valence-electron chi connectivity index (χ1n) is 6.64. The number of thiophene rings is 1. The molecule has 108 valence electrons. The summed E-state index contributed by atoms with van der Waals surface area (Å²) in [5, 5.41) is 5.56. The maximum Gasteiger partial charge on any atom is 0.262 e. The van der Waals surface area contributed by atoms with Crippen LogP contribution in [0.2, 0.25) is 0 Å². The van der Waals surface area contributed by atoms with Gasteiger partial charge in [-0.3, -0.25) is 9.59 Å². The van der Waals surface area contributed by atoms with E-state index in [1.165, 1.54) is 11.3 Å². The van der Waals surface area contributed by atoms with Crippen molar-refractivity contribution in [2.75, 3.05) is 5.32 Å². The van der Waals surface area contributed by atoms with Crippen molar-refractivity contribution in [2.45, 2.75) is 19.4 Å². The number of hydrogen-bond donors (Lipinski definition) is 2. The third-order valence-electron chi connectivity index (χ3n) is 2.99. The molecule has 0 aliphatic carbocycles. The van der Waals surface area contributed by atoms with Gasteiger partial charge in [-0.2, -0.15) is 0 Å². The van der Waals surface area contributed by atoms with E-state index in [0.29, 0.717) is 10.6 Å². The maximum atomic E-state index is 12.3. The van der Waals surface area contributed by atoms with Crippen LogP contribution in [0.25, 0.3) is 0 Å². The molecule has 0 aliphatic rings. The fraction of sp³-hybridized carbons (Fsp3) is 0.200. The van der Waals surface area contributed by atoms with E-state index < -0.39 is 5.54 Å². The summed E-state index contributed by atoms with van der Waals surface area (Å²) in [4.78, 5) is 25.0. The molecule has 0 saturated carbocycles. The Labute approximate surface area is 129 Å². The number of amides is 2. The molecule has 2 rings (SSSR count). The fourth-order valence-corrected chi connectivity index (χ4v) is 2.53. The number of para-hydroxylation sites is 1. The van der Waals surface area contributed by atoms with Gasteiger partial charge in [0.15, 0.2) is 7.85 Å². The van der Waals surface area contributed by atoms with Crippen LogP contribution in [0, 0.1) is 0 Å². The van der Waals surface area contributed by atoms with E-state index in [1.807, 2.05) is 32.1 Å². The number of carbonyl (C=O) groups is 2. The molecular formula is C15H17BN2O2S. The molecule has 0 unspecified atom stereocenters. The molecular weight excluding hydrogens is 283 g/mol. The summed E-state index contributed by atoms with van der Waals surface area (Å²) in [7, 11) is 1.94. The van der Waals surface area contributed by atoms with Gasteiger partial charge in [0.25, 0.3) is 5.91 Å². The molecule has 2 aromatic rings. The van der Waals surface area contributed by atoms with Crippen molar-refractivity contribution in [2.24, 2.45) is 0 Å². The highest BCUT2D eigenvalue weighted by molar-refractivity contribution is 7.21. The van der Waals surface area contributed by atoms with Crippen molar-refractivity contribution in [3.8, 4) is 0 Å². The molecule has 0 aliphatic heterocycles. The Hall–Kier alpha value is -2.08. The Bertz CT molecular complexity index is 653. The van der Waals surface area contributed by atoms with Gasteiger partial charge in [-0.15, -0.1) is 11.3 Å². The third kappa shape index (κ3) is 3.95. The van der Waals surface area contributed by atoms with Gasteiger partial charge in [0.2, 0.25) is 5.91 Å². The monoisotopic (exact) mass is 300 g/mol. The molecule has 4 nitrogen and oxygen atoms in total. The number of benzene rings is 1. The second-order valence-electron chi connectivity index (χ2n) is 5.31. The van der Waals surface area contributed by atoms with Gasteiger partial charge in [0.1, 0.15) is 5.54 Å². The Morgan fingerprint density at radius 3 is 2.33 bits per heavy atom. The molecule has 0 atom stereocenters. The van der Waals surface area contributed by atoms with Crippen LogP contribution in [0.5, 0.6) is 0 Å². The molecule has 0 spiro atoms. The lowest BCUT2D eigenvalue weighted by Crippen LogP contribution is -2.52. The van der Waals surface area contributed by atoms with Crippen molar-refractivity contribution in [1.82, 2.24) is 5.32 Å². The second kappa shape index (κ2) is 6.14. The van der Waals surface area contributed by atoms with Crippen molar-refractivity contribution < 1.29 is 9.59 Å². The van der Waals surface area contributed by atoms with Crippen LogP contribution >= 0.6 is 11.3 Å². The van der Waals surface area contributed by atoms with E-state index in [-0.39, 0.29) is 11.8 Å². The molecule has 0 bridgehead atoms. The average molecular weight is 300 g/mol. The van der Waals surface area contributed by atoms with Gasteiger partial charge in [0, 0.05) is 5.69 Å². The standard InChI is InChI=1S/C15H17BN2O2S/c1-15(2,14(20)17-10-6-4-3-5-7-10)18-13(19)11-8-9-12(16)21-11/h3-9H,16H2,1-2H3,(H,17,20)(H,18,19). The Kier molecular flexibility index (Phi) is 4.48. The second-order valence-corrected chi connectivity index (χ2v) is 6.60. The summed E-state index contributed by atoms with van der Waals surface area (Å²) in [5.41, 5.74) is -0.290. The lowest BCUT2D eigenvalue weighted by molar-refractivity contribution is -0.120. The summed E-state index contributed by atoms with van der Waals surface area (Å²) >= 11 is 1.41. The van der Waals surface area contributed by atoms with Crippen molar-refractivity contribution in [3.63, 3.8) is 0 Å². The van der Waals surface area contributed by atoms with Gasteiger partial charge in [-0.1, -0.05) is 24.3 Å². The molecule has 1 aromatic carbocycles. The fourth-order valence-electron chi connectivity index (χ4n) is 1.77. The molecule has 6 heteroatoms. The number of rotatable bonds is 4. The highest BCUT2D eigenvalue weighted by Crippen LogP contribution is 2.13. The van der Waals surface area contributed by atoms with Crippen LogP contribution in [0.1, 0.15) is 23.5 Å². The molecule has 0 radical (unpaired) electrons. The minimum absolute atomic E-state index is 0.235. The number of hydrogen-bond acceptors (Lipinski definition) is 3. The Balaban J connectivity index is 2.03. The van der Waals surface area contributed by atoms with Crippen LogP contribution in [0.4, 0.5) is 5.69 Å². The molecule has 2 N–H and O–H groups in total. The lowest BCUT2D eigenvalue weighted by Gasteiger charge is -2.24. The predicted molar refractivity (Wildman–Crippen MR) is 89.1 cm³/mol. The Morgan fingerprint density at radius 2 is 1.76 bits per heavy atom. The summed E-state index contributed by atoms with van der Waals surface area (Å²) in [5.74, 6) is -0.489. The van der Waals surface area contributed by atoms with E-state index in [0.717, 1.165) is 4.78 Å². The van der Waals surface area contributed by atoms with Gasteiger partial charge >= 0.3 is 0 Å². The first kappa shape index (κ1) is 15.3. The quantitative estimate of drug-likeness (QED) is 0.832. The van der Waals surface area contributed by atoms with Crippen LogP contribution in [0.15, 0.2) is 42.5 Å². The Morgan fingerprint density at radius 1 is 1.10 bits per heavy atom. The zero-order valence-corrected chi connectivity index (χ0v) is 13.1. The van der Waals surface area contributed by atoms with Crippen LogP contribution in [0.3, 0.4) is 0 Å². The van der Waals surface area contributed by atoms with Crippen molar-refractivity contribution in [3.05, 3.63) is 47.3 Å². The summed E-state index contributed by atoms with van der Waals surface area (Å²) < 4.78 is 1.06.